The van der Waals surface area contributed by atoms with Crippen LogP contribution in [0.4, 0.5) is 16.2 Å². The van der Waals surface area contributed by atoms with Gasteiger partial charge in [0.2, 0.25) is 0 Å². The van der Waals surface area contributed by atoms with Crippen LogP contribution in [0.15, 0.2) is 18.2 Å². The summed E-state index contributed by atoms with van der Waals surface area (Å²) in [5, 5.41) is 6.15. The molecule has 5 nitrogen and oxygen atoms in total. The third-order valence-corrected chi connectivity index (χ3v) is 2.80. The molecule has 1 aromatic carbocycles. The molecule has 2 N–H and O–H groups in total. The summed E-state index contributed by atoms with van der Waals surface area (Å²) in [5.41, 5.74) is 1.05. The van der Waals surface area contributed by atoms with Gasteiger partial charge in [-0.3, -0.25) is 5.32 Å². The Labute approximate surface area is 119 Å². The fourth-order valence-corrected chi connectivity index (χ4v) is 1.74. The van der Waals surface area contributed by atoms with E-state index in [0.717, 1.165) is 24.3 Å². The summed E-state index contributed by atoms with van der Waals surface area (Å²) in [6.07, 6.45) is 1.85. The Morgan fingerprint density at radius 2 is 1.95 bits per heavy atom. The first-order chi connectivity index (χ1) is 9.37. The van der Waals surface area contributed by atoms with Crippen molar-refractivity contribution < 1.29 is 14.3 Å². The molecule has 0 bridgehead atoms. The van der Waals surface area contributed by atoms with E-state index >= 15 is 0 Å². The van der Waals surface area contributed by atoms with Crippen molar-refractivity contribution in [2.45, 2.75) is 45.3 Å². The van der Waals surface area contributed by atoms with Crippen LogP contribution >= 0.6 is 0 Å². The Morgan fingerprint density at radius 1 is 1.25 bits per heavy atom. The first-order valence-corrected chi connectivity index (χ1v) is 6.82. The average Bonchev–Trinajstić information content (AvgIpc) is 3.13. The lowest BCUT2D eigenvalue weighted by Gasteiger charge is -2.21. The van der Waals surface area contributed by atoms with Crippen LogP contribution in [-0.4, -0.2) is 24.8 Å². The number of rotatable bonds is 4. The van der Waals surface area contributed by atoms with E-state index in [2.05, 4.69) is 10.6 Å². The van der Waals surface area contributed by atoms with Gasteiger partial charge in [0.05, 0.1) is 18.5 Å². The minimum Gasteiger partial charge on any atom is -0.497 e. The SMILES string of the molecule is COc1ccc(NC(=O)OC(C)(C)C)c(NC2CC2)c1. The number of hydrogen-bond acceptors (Lipinski definition) is 4. The van der Waals surface area contributed by atoms with E-state index < -0.39 is 11.7 Å². The predicted molar refractivity (Wildman–Crippen MR) is 79.5 cm³/mol. The van der Waals surface area contributed by atoms with Crippen molar-refractivity contribution >= 4 is 17.5 Å². The van der Waals surface area contributed by atoms with Gasteiger partial charge >= 0.3 is 6.09 Å². The molecule has 0 atom stereocenters. The molecule has 110 valence electrons. The maximum Gasteiger partial charge on any atom is 0.412 e. The summed E-state index contributed by atoms with van der Waals surface area (Å²) >= 11 is 0. The third-order valence-electron chi connectivity index (χ3n) is 2.80. The van der Waals surface area contributed by atoms with Gasteiger partial charge < -0.3 is 14.8 Å². The number of benzene rings is 1. The second-order valence-electron chi connectivity index (χ2n) is 5.96. The van der Waals surface area contributed by atoms with Crippen LogP contribution in [0.5, 0.6) is 5.75 Å². The number of carbonyl (C=O) groups excluding carboxylic acids is 1. The normalized spacial score (nSPS) is 14.6. The van der Waals surface area contributed by atoms with Crippen molar-refractivity contribution in [2.75, 3.05) is 17.7 Å². The van der Waals surface area contributed by atoms with Crippen LogP contribution in [0.1, 0.15) is 33.6 Å². The van der Waals surface area contributed by atoms with Crippen molar-refractivity contribution in [3.8, 4) is 5.75 Å². The maximum absolute atomic E-state index is 11.8. The van der Waals surface area contributed by atoms with E-state index in [4.69, 9.17) is 9.47 Å². The third kappa shape index (κ3) is 4.33. The molecule has 0 aliphatic heterocycles. The number of ether oxygens (including phenoxy) is 2. The van der Waals surface area contributed by atoms with Gasteiger partial charge in [-0.25, -0.2) is 4.79 Å². The number of hydrogen-bond donors (Lipinski definition) is 2. The lowest BCUT2D eigenvalue weighted by atomic mass is 10.2. The molecule has 20 heavy (non-hydrogen) atoms. The molecule has 1 aromatic rings. The molecule has 0 spiro atoms. The van der Waals surface area contributed by atoms with Crippen LogP contribution in [0, 0.1) is 0 Å². The standard InChI is InChI=1S/C15H22N2O3/c1-15(2,3)20-14(18)17-12-8-7-11(19-4)9-13(12)16-10-5-6-10/h7-10,16H,5-6H2,1-4H3,(H,17,18). The first-order valence-electron chi connectivity index (χ1n) is 6.82. The van der Waals surface area contributed by atoms with E-state index in [9.17, 15) is 4.79 Å². The Kier molecular flexibility index (Phi) is 4.06. The van der Waals surface area contributed by atoms with Crippen molar-refractivity contribution in [3.05, 3.63) is 18.2 Å². The summed E-state index contributed by atoms with van der Waals surface area (Å²) in [6, 6.07) is 5.99. The second kappa shape index (κ2) is 5.61. The van der Waals surface area contributed by atoms with Crippen LogP contribution in [-0.2, 0) is 4.74 Å². The summed E-state index contributed by atoms with van der Waals surface area (Å²) < 4.78 is 10.5. The molecule has 0 unspecified atom stereocenters. The number of nitrogens with one attached hydrogen (secondary N) is 2. The lowest BCUT2D eigenvalue weighted by Crippen LogP contribution is -2.27. The van der Waals surface area contributed by atoms with E-state index in [1.807, 2.05) is 39.0 Å². The highest BCUT2D eigenvalue weighted by atomic mass is 16.6. The van der Waals surface area contributed by atoms with E-state index in [1.54, 1.807) is 7.11 Å². The van der Waals surface area contributed by atoms with Crippen molar-refractivity contribution in [1.82, 2.24) is 0 Å². The van der Waals surface area contributed by atoms with Gasteiger partial charge in [0.15, 0.2) is 0 Å². The maximum atomic E-state index is 11.8. The molecule has 5 heteroatoms. The van der Waals surface area contributed by atoms with E-state index in [-0.39, 0.29) is 0 Å². The molecule has 1 aliphatic rings. The van der Waals surface area contributed by atoms with Gasteiger partial charge in [-0.15, -0.1) is 0 Å². The first kappa shape index (κ1) is 14.5. The summed E-state index contributed by atoms with van der Waals surface area (Å²) in [5.74, 6) is 0.753. The molecule has 0 radical (unpaired) electrons. The summed E-state index contributed by atoms with van der Waals surface area (Å²) in [6.45, 7) is 5.51. The van der Waals surface area contributed by atoms with Crippen LogP contribution in [0.2, 0.25) is 0 Å². The second-order valence-corrected chi connectivity index (χ2v) is 5.96. The molecule has 1 aliphatic carbocycles. The van der Waals surface area contributed by atoms with Gasteiger partial charge in [0.1, 0.15) is 11.4 Å². The molecular formula is C15H22N2O3. The van der Waals surface area contributed by atoms with Crippen LogP contribution in [0.25, 0.3) is 0 Å². The quantitative estimate of drug-likeness (QED) is 0.883. The minimum atomic E-state index is -0.513. The van der Waals surface area contributed by atoms with Crippen molar-refractivity contribution in [2.24, 2.45) is 0 Å². The van der Waals surface area contributed by atoms with Crippen molar-refractivity contribution in [3.63, 3.8) is 0 Å². The van der Waals surface area contributed by atoms with Crippen LogP contribution < -0.4 is 15.4 Å². The molecule has 2 rings (SSSR count). The van der Waals surface area contributed by atoms with E-state index in [0.29, 0.717) is 11.7 Å². The fourth-order valence-electron chi connectivity index (χ4n) is 1.74. The van der Waals surface area contributed by atoms with Gasteiger partial charge in [-0.05, 0) is 45.7 Å². The van der Waals surface area contributed by atoms with Gasteiger partial charge in [0, 0.05) is 12.1 Å². The van der Waals surface area contributed by atoms with E-state index in [1.165, 1.54) is 0 Å². The van der Waals surface area contributed by atoms with Gasteiger partial charge in [-0.1, -0.05) is 0 Å². The smallest absolute Gasteiger partial charge is 0.412 e. The molecular weight excluding hydrogens is 256 g/mol. The van der Waals surface area contributed by atoms with Gasteiger partial charge in [0.25, 0.3) is 0 Å². The zero-order valence-electron chi connectivity index (χ0n) is 12.4. The molecule has 1 fully saturated rings. The Hall–Kier alpha value is -1.91. The summed E-state index contributed by atoms with van der Waals surface area (Å²) in [7, 11) is 1.62. The Balaban J connectivity index is 2.10. The zero-order chi connectivity index (χ0) is 14.8. The van der Waals surface area contributed by atoms with Gasteiger partial charge in [-0.2, -0.15) is 0 Å². The number of carbonyl (C=O) groups is 1. The highest BCUT2D eigenvalue weighted by Crippen LogP contribution is 2.32. The monoisotopic (exact) mass is 278 g/mol. The molecule has 0 aromatic heterocycles. The van der Waals surface area contributed by atoms with Crippen LogP contribution in [0.3, 0.4) is 0 Å². The largest absolute Gasteiger partial charge is 0.497 e. The lowest BCUT2D eigenvalue weighted by molar-refractivity contribution is 0.0636. The number of methoxy groups -OCH3 is 1. The highest BCUT2D eigenvalue weighted by molar-refractivity contribution is 5.90. The molecule has 0 heterocycles. The highest BCUT2D eigenvalue weighted by Gasteiger charge is 2.23. The predicted octanol–water partition coefficient (Wildman–Crippen LogP) is 3.62. The Bertz CT molecular complexity index is 490. The van der Waals surface area contributed by atoms with Crippen molar-refractivity contribution in [1.29, 1.82) is 0 Å². The summed E-state index contributed by atoms with van der Waals surface area (Å²) in [4.78, 5) is 11.8. The number of anilines is 2. The minimum absolute atomic E-state index is 0.457. The average molecular weight is 278 g/mol. The fraction of sp³-hybridized carbons (Fsp3) is 0.533. The molecule has 1 saturated carbocycles. The Morgan fingerprint density at radius 3 is 2.50 bits per heavy atom. The topological polar surface area (TPSA) is 59.6 Å². The molecule has 0 saturated heterocycles. The molecule has 1 amide bonds. The number of amides is 1. The zero-order valence-corrected chi connectivity index (χ0v) is 12.4.